The van der Waals surface area contributed by atoms with Crippen molar-refractivity contribution < 1.29 is 14.3 Å². The Morgan fingerprint density at radius 1 is 1.07 bits per heavy atom. The lowest BCUT2D eigenvalue weighted by Gasteiger charge is -2.24. The van der Waals surface area contributed by atoms with Crippen molar-refractivity contribution in [3.05, 3.63) is 88.8 Å². The third-order valence-electron chi connectivity index (χ3n) is 4.19. The molecule has 1 unspecified atom stereocenters. The average molecular weight is 386 g/mol. The van der Waals surface area contributed by atoms with Crippen molar-refractivity contribution in [2.75, 3.05) is 13.2 Å². The van der Waals surface area contributed by atoms with E-state index in [4.69, 9.17) is 20.8 Å². The van der Waals surface area contributed by atoms with Crippen LogP contribution in [0.3, 0.4) is 0 Å². The van der Waals surface area contributed by atoms with Crippen LogP contribution in [0.2, 0.25) is 5.02 Å². The molecule has 3 rings (SSSR count). The second kappa shape index (κ2) is 9.60. The highest BCUT2D eigenvalue weighted by Gasteiger charge is 2.15. The second-order valence-corrected chi connectivity index (χ2v) is 7.09. The van der Waals surface area contributed by atoms with Gasteiger partial charge in [-0.05, 0) is 48.9 Å². The Hall–Kier alpha value is -2.27. The van der Waals surface area contributed by atoms with Crippen LogP contribution in [-0.4, -0.2) is 29.3 Å². The van der Waals surface area contributed by atoms with E-state index in [1.165, 1.54) is 5.56 Å². The van der Waals surface area contributed by atoms with Gasteiger partial charge in [-0.15, -0.1) is 0 Å². The molecule has 0 bridgehead atoms. The third kappa shape index (κ3) is 6.43. The number of aliphatic hydroxyl groups is 1. The van der Waals surface area contributed by atoms with Crippen LogP contribution in [0.15, 0.2) is 71.3 Å². The normalized spacial score (nSPS) is 12.3. The minimum Gasteiger partial charge on any atom is -0.491 e. The maximum absolute atomic E-state index is 10.5. The van der Waals surface area contributed by atoms with Gasteiger partial charge in [0.2, 0.25) is 0 Å². The lowest BCUT2D eigenvalue weighted by Crippen LogP contribution is -2.35. The van der Waals surface area contributed by atoms with Crippen LogP contribution < -0.4 is 4.74 Å². The van der Waals surface area contributed by atoms with Crippen molar-refractivity contribution in [2.24, 2.45) is 0 Å². The van der Waals surface area contributed by atoms with Crippen LogP contribution in [0, 0.1) is 6.92 Å². The highest BCUT2D eigenvalue weighted by Crippen LogP contribution is 2.16. The molecule has 27 heavy (non-hydrogen) atoms. The molecular weight excluding hydrogens is 362 g/mol. The SMILES string of the molecule is Cc1ccc(OCC(O)CN(Cc2cccc(Cl)c2)Cc2ccco2)cc1. The van der Waals surface area contributed by atoms with Crippen LogP contribution in [0.1, 0.15) is 16.9 Å². The molecule has 0 saturated carbocycles. The lowest BCUT2D eigenvalue weighted by atomic mass is 10.2. The summed E-state index contributed by atoms with van der Waals surface area (Å²) in [6.07, 6.45) is 1.03. The van der Waals surface area contributed by atoms with Crippen molar-refractivity contribution in [1.82, 2.24) is 4.90 Å². The molecular formula is C22H24ClNO3. The molecule has 0 aliphatic rings. The summed E-state index contributed by atoms with van der Waals surface area (Å²) in [6.45, 7) is 3.97. The maximum atomic E-state index is 10.5. The molecule has 0 fully saturated rings. The van der Waals surface area contributed by atoms with Gasteiger partial charge >= 0.3 is 0 Å². The summed E-state index contributed by atoms with van der Waals surface area (Å²) >= 11 is 6.10. The van der Waals surface area contributed by atoms with E-state index in [1.807, 2.05) is 67.6 Å². The summed E-state index contributed by atoms with van der Waals surface area (Å²) in [5.74, 6) is 1.61. The quantitative estimate of drug-likeness (QED) is 0.580. The zero-order valence-electron chi connectivity index (χ0n) is 15.3. The van der Waals surface area contributed by atoms with E-state index in [9.17, 15) is 5.11 Å². The van der Waals surface area contributed by atoms with Gasteiger partial charge in [0.25, 0.3) is 0 Å². The topological polar surface area (TPSA) is 45.8 Å². The van der Waals surface area contributed by atoms with E-state index in [2.05, 4.69) is 4.90 Å². The largest absolute Gasteiger partial charge is 0.491 e. The first-order valence-corrected chi connectivity index (χ1v) is 9.33. The number of halogens is 1. The highest BCUT2D eigenvalue weighted by atomic mass is 35.5. The van der Waals surface area contributed by atoms with E-state index in [-0.39, 0.29) is 6.61 Å². The zero-order valence-corrected chi connectivity index (χ0v) is 16.1. The van der Waals surface area contributed by atoms with Gasteiger partial charge in [-0.3, -0.25) is 4.90 Å². The number of hydrogen-bond donors (Lipinski definition) is 1. The maximum Gasteiger partial charge on any atom is 0.119 e. The molecule has 3 aromatic rings. The van der Waals surface area contributed by atoms with E-state index >= 15 is 0 Å². The summed E-state index contributed by atoms with van der Waals surface area (Å²) in [5.41, 5.74) is 2.26. The Balaban J connectivity index is 1.60. The highest BCUT2D eigenvalue weighted by molar-refractivity contribution is 6.30. The molecule has 1 heterocycles. The van der Waals surface area contributed by atoms with E-state index < -0.39 is 6.10 Å². The molecule has 0 amide bonds. The van der Waals surface area contributed by atoms with Crippen molar-refractivity contribution >= 4 is 11.6 Å². The molecule has 4 nitrogen and oxygen atoms in total. The fourth-order valence-electron chi connectivity index (χ4n) is 2.88. The lowest BCUT2D eigenvalue weighted by molar-refractivity contribution is 0.0604. The third-order valence-corrected chi connectivity index (χ3v) is 4.42. The van der Waals surface area contributed by atoms with Gasteiger partial charge in [0.1, 0.15) is 24.2 Å². The van der Waals surface area contributed by atoms with Crippen LogP contribution in [0.5, 0.6) is 5.75 Å². The van der Waals surface area contributed by atoms with Gasteiger partial charge in [0, 0.05) is 18.1 Å². The Morgan fingerprint density at radius 2 is 1.89 bits per heavy atom. The standard InChI is InChI=1S/C22H24ClNO3/c1-17-7-9-21(10-8-17)27-16-20(25)14-24(15-22-6-3-11-26-22)13-18-4-2-5-19(23)12-18/h2-12,20,25H,13-16H2,1H3. The van der Waals surface area contributed by atoms with Gasteiger partial charge in [-0.25, -0.2) is 0 Å². The molecule has 0 aliphatic carbocycles. The number of furan rings is 1. The van der Waals surface area contributed by atoms with Gasteiger partial charge < -0.3 is 14.3 Å². The van der Waals surface area contributed by atoms with Crippen LogP contribution in [0.25, 0.3) is 0 Å². The van der Waals surface area contributed by atoms with Gasteiger partial charge in [-0.1, -0.05) is 41.4 Å². The molecule has 0 radical (unpaired) electrons. The number of ether oxygens (including phenoxy) is 1. The Morgan fingerprint density at radius 3 is 2.59 bits per heavy atom. The number of nitrogens with zero attached hydrogens (tertiary/aromatic N) is 1. The Bertz CT molecular complexity index is 818. The summed E-state index contributed by atoms with van der Waals surface area (Å²) in [6, 6.07) is 19.3. The molecule has 0 spiro atoms. The number of hydrogen-bond acceptors (Lipinski definition) is 4. The number of benzene rings is 2. The van der Waals surface area contributed by atoms with Gasteiger partial charge in [0.05, 0.1) is 12.8 Å². The predicted octanol–water partition coefficient (Wildman–Crippen LogP) is 4.68. The van der Waals surface area contributed by atoms with Crippen LogP contribution in [-0.2, 0) is 13.1 Å². The molecule has 142 valence electrons. The van der Waals surface area contributed by atoms with Crippen LogP contribution in [0.4, 0.5) is 0 Å². The number of aliphatic hydroxyl groups excluding tert-OH is 1. The van der Waals surface area contributed by atoms with Crippen molar-refractivity contribution in [3.8, 4) is 5.75 Å². The zero-order chi connectivity index (χ0) is 19.1. The first-order chi connectivity index (χ1) is 13.1. The monoisotopic (exact) mass is 385 g/mol. The number of aryl methyl sites for hydroxylation is 1. The Labute approximate surface area is 165 Å². The van der Waals surface area contributed by atoms with Gasteiger partial charge in [-0.2, -0.15) is 0 Å². The molecule has 0 aliphatic heterocycles. The summed E-state index contributed by atoms with van der Waals surface area (Å²) in [5, 5.41) is 11.2. The molecule has 1 N–H and O–H groups in total. The van der Waals surface area contributed by atoms with Crippen LogP contribution >= 0.6 is 11.6 Å². The minimum absolute atomic E-state index is 0.229. The van der Waals surface area contributed by atoms with Crippen molar-refractivity contribution in [1.29, 1.82) is 0 Å². The smallest absolute Gasteiger partial charge is 0.119 e. The molecule has 2 aromatic carbocycles. The predicted molar refractivity (Wildman–Crippen MR) is 107 cm³/mol. The van der Waals surface area contributed by atoms with E-state index in [1.54, 1.807) is 6.26 Å². The van der Waals surface area contributed by atoms with E-state index in [0.717, 1.165) is 17.1 Å². The summed E-state index contributed by atoms with van der Waals surface area (Å²) in [7, 11) is 0. The summed E-state index contributed by atoms with van der Waals surface area (Å²) < 4.78 is 11.2. The second-order valence-electron chi connectivity index (χ2n) is 6.66. The first-order valence-electron chi connectivity index (χ1n) is 8.95. The van der Waals surface area contributed by atoms with E-state index in [0.29, 0.717) is 24.7 Å². The fourth-order valence-corrected chi connectivity index (χ4v) is 3.09. The average Bonchev–Trinajstić information content (AvgIpc) is 3.14. The summed E-state index contributed by atoms with van der Waals surface area (Å²) in [4.78, 5) is 2.12. The Kier molecular flexibility index (Phi) is 6.93. The first kappa shape index (κ1) is 19.5. The van der Waals surface area contributed by atoms with Gasteiger partial charge in [0.15, 0.2) is 0 Å². The molecule has 5 heteroatoms. The molecule has 0 saturated heterocycles. The number of rotatable bonds is 9. The molecule has 1 atom stereocenters. The molecule has 1 aromatic heterocycles. The van der Waals surface area contributed by atoms with Crippen molar-refractivity contribution in [3.63, 3.8) is 0 Å². The minimum atomic E-state index is -0.625. The fraction of sp³-hybridized carbons (Fsp3) is 0.273. The van der Waals surface area contributed by atoms with Crippen molar-refractivity contribution in [2.45, 2.75) is 26.1 Å².